The molecule has 0 saturated heterocycles. The van der Waals surface area contributed by atoms with Crippen molar-refractivity contribution in [3.8, 4) is 17.2 Å². The molecule has 0 saturated carbocycles. The molecule has 0 bridgehead atoms. The second-order valence-electron chi connectivity index (χ2n) is 5.80. The SMILES string of the molecule is CCc1ccc(OCC(=O)NNC(=O)/C=C/c2cc(OC)cc(OC)c2)cc1. The highest BCUT2D eigenvalue weighted by atomic mass is 16.5. The van der Waals surface area contributed by atoms with Gasteiger partial charge in [-0.2, -0.15) is 0 Å². The average molecular weight is 384 g/mol. The third-order valence-corrected chi connectivity index (χ3v) is 3.83. The molecule has 0 atom stereocenters. The zero-order chi connectivity index (χ0) is 20.4. The van der Waals surface area contributed by atoms with Crippen molar-refractivity contribution in [2.24, 2.45) is 0 Å². The van der Waals surface area contributed by atoms with Crippen molar-refractivity contribution < 1.29 is 23.8 Å². The smallest absolute Gasteiger partial charge is 0.276 e. The topological polar surface area (TPSA) is 85.9 Å². The second-order valence-corrected chi connectivity index (χ2v) is 5.80. The predicted octanol–water partition coefficient (Wildman–Crippen LogP) is 2.51. The van der Waals surface area contributed by atoms with Crippen LogP contribution in [0.25, 0.3) is 6.08 Å². The Morgan fingerprint density at radius 3 is 2.14 bits per heavy atom. The number of hydrazine groups is 1. The fourth-order valence-electron chi connectivity index (χ4n) is 2.28. The summed E-state index contributed by atoms with van der Waals surface area (Å²) >= 11 is 0. The van der Waals surface area contributed by atoms with Gasteiger partial charge in [0.05, 0.1) is 14.2 Å². The number of aryl methyl sites for hydroxylation is 1. The van der Waals surface area contributed by atoms with Crippen molar-refractivity contribution in [1.29, 1.82) is 0 Å². The summed E-state index contributed by atoms with van der Waals surface area (Å²) < 4.78 is 15.7. The van der Waals surface area contributed by atoms with Crippen LogP contribution in [0.4, 0.5) is 0 Å². The van der Waals surface area contributed by atoms with Gasteiger partial charge in [-0.1, -0.05) is 19.1 Å². The van der Waals surface area contributed by atoms with E-state index in [1.165, 1.54) is 11.6 Å². The number of hydrogen-bond donors (Lipinski definition) is 2. The van der Waals surface area contributed by atoms with Crippen molar-refractivity contribution in [2.45, 2.75) is 13.3 Å². The van der Waals surface area contributed by atoms with Crippen LogP contribution in [0.1, 0.15) is 18.1 Å². The van der Waals surface area contributed by atoms with Crippen LogP contribution >= 0.6 is 0 Å². The number of rotatable bonds is 8. The van der Waals surface area contributed by atoms with Gasteiger partial charge in [-0.25, -0.2) is 0 Å². The van der Waals surface area contributed by atoms with E-state index in [0.29, 0.717) is 17.2 Å². The van der Waals surface area contributed by atoms with Crippen LogP contribution in [0.3, 0.4) is 0 Å². The summed E-state index contributed by atoms with van der Waals surface area (Å²) in [4.78, 5) is 23.6. The molecule has 2 rings (SSSR count). The van der Waals surface area contributed by atoms with Crippen LogP contribution in [-0.2, 0) is 16.0 Å². The first-order valence-corrected chi connectivity index (χ1v) is 8.75. The highest BCUT2D eigenvalue weighted by molar-refractivity contribution is 5.93. The maximum absolute atomic E-state index is 11.9. The Bertz CT molecular complexity index is 809. The van der Waals surface area contributed by atoms with Crippen LogP contribution in [-0.4, -0.2) is 32.6 Å². The number of ether oxygens (including phenoxy) is 3. The van der Waals surface area contributed by atoms with Gasteiger partial charge in [0.2, 0.25) is 0 Å². The number of carbonyl (C=O) groups excluding carboxylic acids is 2. The van der Waals surface area contributed by atoms with Crippen molar-refractivity contribution in [3.05, 3.63) is 59.7 Å². The molecule has 2 amide bonds. The molecule has 0 unspecified atom stereocenters. The summed E-state index contributed by atoms with van der Waals surface area (Å²) in [6.07, 6.45) is 3.81. The van der Waals surface area contributed by atoms with Gasteiger partial charge in [-0.05, 0) is 47.9 Å². The number of hydrogen-bond acceptors (Lipinski definition) is 5. The fraction of sp³-hybridized carbons (Fsp3) is 0.238. The largest absolute Gasteiger partial charge is 0.497 e. The van der Waals surface area contributed by atoms with E-state index in [-0.39, 0.29) is 6.61 Å². The zero-order valence-electron chi connectivity index (χ0n) is 16.2. The normalized spacial score (nSPS) is 10.4. The van der Waals surface area contributed by atoms with Crippen molar-refractivity contribution in [1.82, 2.24) is 10.9 Å². The first-order chi connectivity index (χ1) is 13.5. The van der Waals surface area contributed by atoms with E-state index in [2.05, 4.69) is 17.8 Å². The van der Waals surface area contributed by atoms with Crippen LogP contribution in [0.15, 0.2) is 48.5 Å². The molecule has 0 heterocycles. The third-order valence-electron chi connectivity index (χ3n) is 3.83. The van der Waals surface area contributed by atoms with E-state index in [4.69, 9.17) is 14.2 Å². The summed E-state index contributed by atoms with van der Waals surface area (Å²) in [6, 6.07) is 12.7. The summed E-state index contributed by atoms with van der Waals surface area (Å²) in [5, 5.41) is 0. The van der Waals surface area contributed by atoms with E-state index < -0.39 is 11.8 Å². The number of nitrogens with one attached hydrogen (secondary N) is 2. The molecule has 0 fully saturated rings. The van der Waals surface area contributed by atoms with E-state index in [0.717, 1.165) is 12.0 Å². The molecular formula is C21H24N2O5. The molecule has 0 aliphatic rings. The lowest BCUT2D eigenvalue weighted by molar-refractivity contribution is -0.128. The van der Waals surface area contributed by atoms with Gasteiger partial charge in [0, 0.05) is 12.1 Å². The summed E-state index contributed by atoms with van der Waals surface area (Å²) in [7, 11) is 3.09. The minimum atomic E-state index is -0.484. The Balaban J connectivity index is 1.79. The number of amides is 2. The van der Waals surface area contributed by atoms with Gasteiger partial charge in [0.1, 0.15) is 17.2 Å². The first-order valence-electron chi connectivity index (χ1n) is 8.75. The molecule has 0 aliphatic carbocycles. The van der Waals surface area contributed by atoms with E-state index >= 15 is 0 Å². The Labute approximate surface area is 164 Å². The lowest BCUT2D eigenvalue weighted by Crippen LogP contribution is -2.43. The summed E-state index contributed by atoms with van der Waals surface area (Å²) in [5.41, 5.74) is 6.49. The lowest BCUT2D eigenvalue weighted by Gasteiger charge is -2.08. The van der Waals surface area contributed by atoms with Gasteiger partial charge in [-0.15, -0.1) is 0 Å². The Hall–Kier alpha value is -3.48. The quantitative estimate of drug-likeness (QED) is 0.540. The van der Waals surface area contributed by atoms with Crippen LogP contribution in [0.2, 0.25) is 0 Å². The Morgan fingerprint density at radius 2 is 1.57 bits per heavy atom. The van der Waals surface area contributed by atoms with Crippen LogP contribution in [0.5, 0.6) is 17.2 Å². The minimum absolute atomic E-state index is 0.206. The van der Waals surface area contributed by atoms with Gasteiger partial charge in [0.15, 0.2) is 6.61 Å². The number of methoxy groups -OCH3 is 2. The fourth-order valence-corrected chi connectivity index (χ4v) is 2.28. The maximum Gasteiger partial charge on any atom is 0.276 e. The van der Waals surface area contributed by atoms with E-state index in [1.54, 1.807) is 50.6 Å². The highest BCUT2D eigenvalue weighted by Crippen LogP contribution is 2.23. The molecular weight excluding hydrogens is 360 g/mol. The summed E-state index contributed by atoms with van der Waals surface area (Å²) in [5.74, 6) is 0.853. The molecule has 2 N–H and O–H groups in total. The molecule has 148 valence electrons. The molecule has 0 aromatic heterocycles. The number of benzene rings is 2. The van der Waals surface area contributed by atoms with Crippen molar-refractivity contribution in [3.63, 3.8) is 0 Å². The maximum atomic E-state index is 11.9. The highest BCUT2D eigenvalue weighted by Gasteiger charge is 2.05. The molecule has 0 radical (unpaired) electrons. The Kier molecular flexibility index (Phi) is 7.90. The first kappa shape index (κ1) is 20.8. The molecule has 7 nitrogen and oxygen atoms in total. The van der Waals surface area contributed by atoms with Gasteiger partial charge in [0.25, 0.3) is 11.8 Å². The summed E-state index contributed by atoms with van der Waals surface area (Å²) in [6.45, 7) is 1.85. The standard InChI is InChI=1S/C21H24N2O5/c1-4-15-5-8-17(9-6-15)28-14-21(25)23-22-20(24)10-7-16-11-18(26-2)13-19(12-16)27-3/h5-13H,4,14H2,1-3H3,(H,22,24)(H,23,25)/b10-7+. The molecule has 28 heavy (non-hydrogen) atoms. The molecule has 2 aromatic rings. The lowest BCUT2D eigenvalue weighted by atomic mass is 10.2. The van der Waals surface area contributed by atoms with E-state index in [9.17, 15) is 9.59 Å². The second kappa shape index (κ2) is 10.6. The molecule has 0 spiro atoms. The van der Waals surface area contributed by atoms with Crippen LogP contribution in [0, 0.1) is 0 Å². The monoisotopic (exact) mass is 384 g/mol. The zero-order valence-corrected chi connectivity index (χ0v) is 16.2. The molecule has 2 aromatic carbocycles. The third kappa shape index (κ3) is 6.68. The molecule has 0 aliphatic heterocycles. The van der Waals surface area contributed by atoms with Crippen molar-refractivity contribution >= 4 is 17.9 Å². The van der Waals surface area contributed by atoms with Crippen molar-refractivity contribution in [2.75, 3.05) is 20.8 Å². The minimum Gasteiger partial charge on any atom is -0.497 e. The van der Waals surface area contributed by atoms with Gasteiger partial charge in [-0.3, -0.25) is 20.4 Å². The van der Waals surface area contributed by atoms with Crippen LogP contribution < -0.4 is 25.1 Å². The number of carbonyl (C=O) groups is 2. The average Bonchev–Trinajstić information content (AvgIpc) is 2.74. The molecule has 7 heteroatoms. The van der Waals surface area contributed by atoms with Gasteiger partial charge < -0.3 is 14.2 Å². The van der Waals surface area contributed by atoms with E-state index in [1.807, 2.05) is 12.1 Å². The Morgan fingerprint density at radius 1 is 0.929 bits per heavy atom. The predicted molar refractivity (Wildman–Crippen MR) is 106 cm³/mol. The van der Waals surface area contributed by atoms with Gasteiger partial charge >= 0.3 is 0 Å².